The standard InChI is InChI=1S/C14H25N5/c1-9(2)19-14(13(15)10(3)17-19)16-12-8-18-6-4-11(12)5-7-18/h9,11-12,16H,4-8,15H2,1-3H3. The highest BCUT2D eigenvalue weighted by molar-refractivity contribution is 5.65. The molecule has 2 bridgehead atoms. The van der Waals surface area contributed by atoms with Crippen LogP contribution in [-0.2, 0) is 0 Å². The summed E-state index contributed by atoms with van der Waals surface area (Å²) in [6.45, 7) is 9.95. The van der Waals surface area contributed by atoms with Crippen molar-refractivity contribution in [2.75, 3.05) is 30.7 Å². The molecule has 3 saturated heterocycles. The number of fused-ring (bicyclic) bond motifs is 3. The number of aryl methyl sites for hydroxylation is 1. The van der Waals surface area contributed by atoms with Gasteiger partial charge in [0.15, 0.2) is 0 Å². The van der Waals surface area contributed by atoms with Gasteiger partial charge in [0.25, 0.3) is 0 Å². The number of piperidine rings is 3. The molecule has 3 aliphatic rings. The van der Waals surface area contributed by atoms with Gasteiger partial charge in [-0.2, -0.15) is 5.10 Å². The number of rotatable bonds is 3. The summed E-state index contributed by atoms with van der Waals surface area (Å²) in [5, 5.41) is 8.24. The molecule has 0 aromatic carbocycles. The van der Waals surface area contributed by atoms with Crippen molar-refractivity contribution in [1.82, 2.24) is 14.7 Å². The van der Waals surface area contributed by atoms with Crippen LogP contribution >= 0.6 is 0 Å². The molecule has 4 rings (SSSR count). The van der Waals surface area contributed by atoms with Crippen LogP contribution in [0.25, 0.3) is 0 Å². The lowest BCUT2D eigenvalue weighted by Gasteiger charge is -2.45. The van der Waals surface area contributed by atoms with Crippen LogP contribution in [-0.4, -0.2) is 40.4 Å². The van der Waals surface area contributed by atoms with Gasteiger partial charge in [0.2, 0.25) is 0 Å². The second-order valence-corrected chi connectivity index (χ2v) is 6.27. The van der Waals surface area contributed by atoms with Gasteiger partial charge in [0.05, 0.1) is 11.4 Å². The highest BCUT2D eigenvalue weighted by atomic mass is 15.4. The van der Waals surface area contributed by atoms with E-state index in [1.807, 2.05) is 11.6 Å². The van der Waals surface area contributed by atoms with Crippen molar-refractivity contribution < 1.29 is 0 Å². The Bertz CT molecular complexity index is 457. The minimum atomic E-state index is 0.333. The largest absolute Gasteiger partial charge is 0.394 e. The van der Waals surface area contributed by atoms with Crippen molar-refractivity contribution in [2.45, 2.75) is 45.7 Å². The van der Waals surface area contributed by atoms with E-state index in [4.69, 9.17) is 5.73 Å². The summed E-state index contributed by atoms with van der Waals surface area (Å²) in [6.07, 6.45) is 2.62. The van der Waals surface area contributed by atoms with E-state index < -0.39 is 0 Å². The molecule has 0 spiro atoms. The number of nitrogens with zero attached hydrogens (tertiary/aromatic N) is 3. The summed E-state index contributed by atoms with van der Waals surface area (Å²) in [6, 6.07) is 0.859. The second kappa shape index (κ2) is 4.71. The van der Waals surface area contributed by atoms with Gasteiger partial charge in [-0.05, 0) is 52.6 Å². The molecule has 0 saturated carbocycles. The molecule has 3 aliphatic heterocycles. The number of nitrogens with one attached hydrogen (secondary N) is 1. The summed E-state index contributed by atoms with van der Waals surface area (Å²) in [7, 11) is 0. The van der Waals surface area contributed by atoms with Crippen molar-refractivity contribution in [3.63, 3.8) is 0 Å². The molecule has 19 heavy (non-hydrogen) atoms. The minimum Gasteiger partial charge on any atom is -0.394 e. The first kappa shape index (κ1) is 12.8. The molecule has 106 valence electrons. The smallest absolute Gasteiger partial charge is 0.148 e. The Morgan fingerprint density at radius 1 is 1.32 bits per heavy atom. The highest BCUT2D eigenvalue weighted by Crippen LogP contribution is 2.33. The summed E-state index contributed by atoms with van der Waals surface area (Å²) in [5.41, 5.74) is 7.94. The monoisotopic (exact) mass is 263 g/mol. The summed E-state index contributed by atoms with van der Waals surface area (Å²) >= 11 is 0. The number of hydrogen-bond donors (Lipinski definition) is 2. The Morgan fingerprint density at radius 2 is 2.00 bits per heavy atom. The lowest BCUT2D eigenvalue weighted by atomic mass is 9.84. The molecule has 0 radical (unpaired) electrons. The SMILES string of the molecule is Cc1nn(C(C)C)c(NC2CN3CCC2CC3)c1N. The molecule has 1 aromatic heterocycles. The van der Waals surface area contributed by atoms with Crippen molar-refractivity contribution >= 4 is 11.5 Å². The van der Waals surface area contributed by atoms with Crippen molar-refractivity contribution in [3.8, 4) is 0 Å². The van der Waals surface area contributed by atoms with E-state index in [2.05, 4.69) is 29.2 Å². The Morgan fingerprint density at radius 3 is 2.53 bits per heavy atom. The number of hydrogen-bond acceptors (Lipinski definition) is 4. The topological polar surface area (TPSA) is 59.1 Å². The van der Waals surface area contributed by atoms with E-state index in [-0.39, 0.29) is 0 Å². The average Bonchev–Trinajstić information content (AvgIpc) is 2.69. The quantitative estimate of drug-likeness (QED) is 0.874. The predicted octanol–water partition coefficient (Wildman–Crippen LogP) is 1.86. The molecule has 1 atom stereocenters. The van der Waals surface area contributed by atoms with Crippen LogP contribution in [0, 0.1) is 12.8 Å². The molecule has 0 aliphatic carbocycles. The zero-order valence-corrected chi connectivity index (χ0v) is 12.2. The summed E-state index contributed by atoms with van der Waals surface area (Å²) in [5.74, 6) is 1.81. The first-order valence-electron chi connectivity index (χ1n) is 7.39. The molecule has 1 aromatic rings. The molecule has 3 N–H and O–H groups in total. The van der Waals surface area contributed by atoms with Crippen LogP contribution < -0.4 is 11.1 Å². The normalized spacial score (nSPS) is 30.0. The van der Waals surface area contributed by atoms with E-state index in [1.54, 1.807) is 0 Å². The fourth-order valence-electron chi connectivity index (χ4n) is 3.38. The van der Waals surface area contributed by atoms with Gasteiger partial charge in [0, 0.05) is 18.6 Å². The number of anilines is 2. The van der Waals surface area contributed by atoms with E-state index >= 15 is 0 Å². The number of aromatic nitrogens is 2. The van der Waals surface area contributed by atoms with Gasteiger partial charge in [-0.1, -0.05) is 0 Å². The Labute approximate surface area is 115 Å². The minimum absolute atomic E-state index is 0.333. The molecule has 4 heterocycles. The van der Waals surface area contributed by atoms with Crippen LogP contribution in [0.5, 0.6) is 0 Å². The predicted molar refractivity (Wildman–Crippen MR) is 78.3 cm³/mol. The third-order valence-corrected chi connectivity index (χ3v) is 4.60. The molecular weight excluding hydrogens is 238 g/mol. The third kappa shape index (κ3) is 2.20. The van der Waals surface area contributed by atoms with Crippen LogP contribution in [0.4, 0.5) is 11.5 Å². The lowest BCUT2D eigenvalue weighted by molar-refractivity contribution is 0.0971. The van der Waals surface area contributed by atoms with E-state index in [1.165, 1.54) is 25.9 Å². The van der Waals surface area contributed by atoms with Crippen molar-refractivity contribution in [2.24, 2.45) is 5.92 Å². The maximum Gasteiger partial charge on any atom is 0.148 e. The maximum absolute atomic E-state index is 6.20. The second-order valence-electron chi connectivity index (χ2n) is 6.27. The van der Waals surface area contributed by atoms with Gasteiger partial charge in [-0.25, -0.2) is 4.68 Å². The Hall–Kier alpha value is -1.23. The van der Waals surface area contributed by atoms with Gasteiger partial charge in [-0.15, -0.1) is 0 Å². The first-order chi connectivity index (χ1) is 9.06. The Balaban J connectivity index is 1.83. The molecule has 5 heteroatoms. The molecule has 5 nitrogen and oxygen atoms in total. The van der Waals surface area contributed by atoms with E-state index in [0.717, 1.165) is 29.7 Å². The molecule has 1 unspecified atom stereocenters. The lowest BCUT2D eigenvalue weighted by Crippen LogP contribution is -2.53. The molecular formula is C14H25N5. The van der Waals surface area contributed by atoms with Gasteiger partial charge in [0.1, 0.15) is 5.82 Å². The van der Waals surface area contributed by atoms with E-state index in [0.29, 0.717) is 12.1 Å². The number of nitrogen functional groups attached to an aromatic ring is 1. The highest BCUT2D eigenvalue weighted by Gasteiger charge is 2.35. The first-order valence-corrected chi connectivity index (χ1v) is 7.39. The molecule has 3 fully saturated rings. The molecule has 0 amide bonds. The van der Waals surface area contributed by atoms with Crippen LogP contribution in [0.3, 0.4) is 0 Å². The van der Waals surface area contributed by atoms with E-state index in [9.17, 15) is 0 Å². The van der Waals surface area contributed by atoms with Crippen molar-refractivity contribution in [1.29, 1.82) is 0 Å². The van der Waals surface area contributed by atoms with Crippen LogP contribution in [0.2, 0.25) is 0 Å². The zero-order chi connectivity index (χ0) is 13.6. The van der Waals surface area contributed by atoms with Crippen LogP contribution in [0.15, 0.2) is 0 Å². The zero-order valence-electron chi connectivity index (χ0n) is 12.2. The summed E-state index contributed by atoms with van der Waals surface area (Å²) < 4.78 is 2.03. The Kier molecular flexibility index (Phi) is 3.17. The maximum atomic E-state index is 6.20. The van der Waals surface area contributed by atoms with Crippen LogP contribution in [0.1, 0.15) is 38.4 Å². The van der Waals surface area contributed by atoms with Gasteiger partial charge >= 0.3 is 0 Å². The fourth-order valence-corrected chi connectivity index (χ4v) is 3.38. The van der Waals surface area contributed by atoms with Gasteiger partial charge < -0.3 is 16.0 Å². The van der Waals surface area contributed by atoms with Crippen molar-refractivity contribution in [3.05, 3.63) is 5.69 Å². The number of nitrogens with two attached hydrogens (primary N) is 1. The summed E-state index contributed by atoms with van der Waals surface area (Å²) in [4.78, 5) is 2.55. The third-order valence-electron chi connectivity index (χ3n) is 4.60. The average molecular weight is 263 g/mol. The fraction of sp³-hybridized carbons (Fsp3) is 0.786. The van der Waals surface area contributed by atoms with Gasteiger partial charge in [-0.3, -0.25) is 0 Å².